The molecular weight excluding hydrogens is 218 g/mol. The van der Waals surface area contributed by atoms with Gasteiger partial charge in [0.15, 0.2) is 19.4 Å². The van der Waals surface area contributed by atoms with E-state index >= 15 is 0 Å². The maximum Gasteiger partial charge on any atom is 0.159 e. The molecule has 77 valence electrons. The number of allylic oxidation sites excluding steroid dienone is 2. The average molecular weight is 239 g/mol. The molecule has 1 nitrogen and oxygen atoms in total. The molecule has 0 bridgehead atoms. The molecule has 5 radical (unpaired) electrons. The summed E-state index contributed by atoms with van der Waals surface area (Å²) < 4.78 is 2.62. The van der Waals surface area contributed by atoms with E-state index in [1.165, 1.54) is 11.1 Å². The Morgan fingerprint density at radius 2 is 1.29 bits per heavy atom. The maximum atomic E-state index is 2.62. The Labute approximate surface area is 95.8 Å². The van der Waals surface area contributed by atoms with Gasteiger partial charge >= 0.3 is 0 Å². The summed E-state index contributed by atoms with van der Waals surface area (Å²) in [7, 11) is 1.44. The Kier molecular flexibility index (Phi) is 7.44. The fourth-order valence-electron chi connectivity index (χ4n) is 0.683. The largest absolute Gasteiger partial charge is 0.366 e. The first-order valence-electron chi connectivity index (χ1n) is 4.83. The predicted molar refractivity (Wildman–Crippen MR) is 69.7 cm³/mol. The number of rotatable bonds is 5. The Balaban J connectivity index is 4.17. The van der Waals surface area contributed by atoms with Crippen LogP contribution in [-0.2, 0) is 0 Å². The highest BCUT2D eigenvalue weighted by Gasteiger charge is 2.09. The van der Waals surface area contributed by atoms with Crippen molar-refractivity contribution < 1.29 is 0 Å². The van der Waals surface area contributed by atoms with Crippen LogP contribution in [-0.4, -0.2) is 32.2 Å². The smallest absolute Gasteiger partial charge is 0.159 e. The van der Waals surface area contributed by atoms with Gasteiger partial charge in [0.1, 0.15) is 8.96 Å². The molecule has 0 aromatic heterocycles. The van der Waals surface area contributed by atoms with Gasteiger partial charge in [0, 0.05) is 0 Å². The van der Waals surface area contributed by atoms with Crippen LogP contribution in [0, 0.1) is 0 Å². The predicted octanol–water partition coefficient (Wildman–Crippen LogP) is 2.63. The van der Waals surface area contributed by atoms with E-state index in [1.807, 2.05) is 0 Å². The molecule has 0 N–H and O–H groups in total. The molecule has 0 saturated carbocycles. The first kappa shape index (κ1) is 14.1. The van der Waals surface area contributed by atoms with Crippen molar-refractivity contribution in [3.05, 3.63) is 22.5 Å². The van der Waals surface area contributed by atoms with Crippen molar-refractivity contribution in [1.82, 2.24) is 3.90 Å². The third-order valence-electron chi connectivity index (χ3n) is 1.41. The summed E-state index contributed by atoms with van der Waals surface area (Å²) in [5, 5.41) is 0. The van der Waals surface area contributed by atoms with Gasteiger partial charge in [-0.2, -0.15) is 0 Å². The first-order chi connectivity index (χ1) is 6.43. The molecule has 14 heavy (non-hydrogen) atoms. The van der Waals surface area contributed by atoms with Crippen molar-refractivity contribution in [2.75, 3.05) is 0 Å². The van der Waals surface area contributed by atoms with Crippen molar-refractivity contribution in [2.24, 2.45) is 0 Å². The SMILES string of the molecule is CC(C)=C[Si]N([Si]C=C(C)C)[Si](C)C. The second-order valence-electron chi connectivity index (χ2n) is 3.98. The molecular formula is C10H20NSi3. The lowest BCUT2D eigenvalue weighted by atomic mass is 10.4. The lowest BCUT2D eigenvalue weighted by molar-refractivity contribution is 1.07. The van der Waals surface area contributed by atoms with Crippen LogP contribution in [0.2, 0.25) is 13.1 Å². The highest BCUT2D eigenvalue weighted by Crippen LogP contribution is 1.96. The molecule has 0 atom stereocenters. The minimum Gasteiger partial charge on any atom is -0.366 e. The van der Waals surface area contributed by atoms with Crippen molar-refractivity contribution in [1.29, 1.82) is 0 Å². The summed E-state index contributed by atoms with van der Waals surface area (Å²) in [6.45, 7) is 13.4. The summed E-state index contributed by atoms with van der Waals surface area (Å²) in [5.41, 5.74) is 7.56. The maximum absolute atomic E-state index is 2.62. The molecule has 0 unspecified atom stereocenters. The molecule has 0 aliphatic carbocycles. The molecule has 0 amide bonds. The normalized spacial score (nSPS) is 10.6. The Morgan fingerprint density at radius 3 is 1.50 bits per heavy atom. The van der Waals surface area contributed by atoms with Gasteiger partial charge in [0.25, 0.3) is 0 Å². The lowest BCUT2D eigenvalue weighted by Crippen LogP contribution is -2.39. The molecule has 0 aromatic carbocycles. The van der Waals surface area contributed by atoms with Crippen molar-refractivity contribution in [3.63, 3.8) is 0 Å². The molecule has 0 aromatic rings. The third-order valence-corrected chi connectivity index (χ3v) is 8.47. The number of nitrogens with zero attached hydrogens (tertiary/aromatic N) is 1. The number of hydrogen-bond donors (Lipinski definition) is 0. The monoisotopic (exact) mass is 238 g/mol. The van der Waals surface area contributed by atoms with Crippen LogP contribution in [0.4, 0.5) is 0 Å². The van der Waals surface area contributed by atoms with E-state index in [2.05, 4.69) is 56.1 Å². The highest BCUT2D eigenvalue weighted by atomic mass is 28.4. The minimum absolute atomic E-state index is 0.295. The Morgan fingerprint density at radius 1 is 0.929 bits per heavy atom. The van der Waals surface area contributed by atoms with E-state index in [9.17, 15) is 0 Å². The highest BCUT2D eigenvalue weighted by molar-refractivity contribution is 6.76. The van der Waals surface area contributed by atoms with E-state index in [-0.39, 0.29) is 8.96 Å². The van der Waals surface area contributed by atoms with Crippen molar-refractivity contribution >= 4 is 28.3 Å². The molecule has 0 spiro atoms. The van der Waals surface area contributed by atoms with Crippen molar-refractivity contribution in [2.45, 2.75) is 40.8 Å². The quantitative estimate of drug-likeness (QED) is 0.666. The second-order valence-corrected chi connectivity index (χ2v) is 9.66. The fraction of sp³-hybridized carbons (Fsp3) is 0.600. The van der Waals surface area contributed by atoms with E-state index in [0.717, 1.165) is 19.4 Å². The summed E-state index contributed by atoms with van der Waals surface area (Å²) in [5.74, 6) is 0. The van der Waals surface area contributed by atoms with E-state index < -0.39 is 0 Å². The van der Waals surface area contributed by atoms with Crippen LogP contribution in [0.1, 0.15) is 27.7 Å². The first-order valence-corrected chi connectivity index (χ1v) is 9.32. The zero-order valence-corrected chi connectivity index (χ0v) is 13.1. The Bertz CT molecular complexity index is 193. The van der Waals surface area contributed by atoms with Gasteiger partial charge in [-0.25, -0.2) is 0 Å². The van der Waals surface area contributed by atoms with Gasteiger partial charge in [-0.15, -0.1) is 0 Å². The number of hydrogen-bond acceptors (Lipinski definition) is 1. The molecule has 0 heterocycles. The van der Waals surface area contributed by atoms with Gasteiger partial charge in [-0.05, 0) is 27.7 Å². The standard InChI is InChI=1S/C10H20NSi3/c1-9(2)7-12-11(14(5)6)13-8-10(3)4/h7-8H,1-6H3. The molecule has 0 rings (SSSR count). The van der Waals surface area contributed by atoms with Gasteiger partial charge in [0.2, 0.25) is 0 Å². The van der Waals surface area contributed by atoms with E-state index in [0.29, 0.717) is 0 Å². The van der Waals surface area contributed by atoms with Crippen LogP contribution in [0.15, 0.2) is 22.5 Å². The van der Waals surface area contributed by atoms with Crippen LogP contribution < -0.4 is 0 Å². The Hall–Kier alpha value is 0.0906. The molecule has 4 heteroatoms. The fourth-order valence-corrected chi connectivity index (χ4v) is 4.60. The molecule has 0 aliphatic heterocycles. The van der Waals surface area contributed by atoms with Gasteiger partial charge in [-0.1, -0.05) is 35.6 Å². The van der Waals surface area contributed by atoms with Crippen LogP contribution in [0.3, 0.4) is 0 Å². The second kappa shape index (κ2) is 7.39. The van der Waals surface area contributed by atoms with Crippen LogP contribution in [0.5, 0.6) is 0 Å². The topological polar surface area (TPSA) is 3.24 Å². The van der Waals surface area contributed by atoms with E-state index in [1.54, 1.807) is 0 Å². The zero-order valence-electron chi connectivity index (χ0n) is 10.1. The molecule has 0 aliphatic rings. The van der Waals surface area contributed by atoms with Crippen LogP contribution >= 0.6 is 0 Å². The summed E-state index contributed by atoms with van der Waals surface area (Å²) in [6.07, 6.45) is 0. The summed E-state index contributed by atoms with van der Waals surface area (Å²) in [4.78, 5) is 0. The molecule has 0 saturated heterocycles. The van der Waals surface area contributed by atoms with Crippen molar-refractivity contribution in [3.8, 4) is 0 Å². The van der Waals surface area contributed by atoms with E-state index in [4.69, 9.17) is 0 Å². The average Bonchev–Trinajstić information content (AvgIpc) is 2.02. The summed E-state index contributed by atoms with van der Waals surface area (Å²) in [6, 6.07) is 0. The van der Waals surface area contributed by atoms with Crippen LogP contribution in [0.25, 0.3) is 0 Å². The van der Waals surface area contributed by atoms with Gasteiger partial charge in [-0.3, -0.25) is 0 Å². The minimum atomic E-state index is -0.295. The summed E-state index contributed by atoms with van der Waals surface area (Å²) >= 11 is 0. The zero-order chi connectivity index (χ0) is 11.1. The molecule has 0 fully saturated rings. The van der Waals surface area contributed by atoms with Gasteiger partial charge < -0.3 is 3.90 Å². The van der Waals surface area contributed by atoms with Gasteiger partial charge in [0.05, 0.1) is 0 Å². The lowest BCUT2D eigenvalue weighted by Gasteiger charge is -2.21. The third kappa shape index (κ3) is 7.49.